The summed E-state index contributed by atoms with van der Waals surface area (Å²) in [5.41, 5.74) is 0. The van der Waals surface area contributed by atoms with E-state index in [1.807, 2.05) is 0 Å². The summed E-state index contributed by atoms with van der Waals surface area (Å²) in [5.74, 6) is 0.524. The fourth-order valence-electron chi connectivity index (χ4n) is 1.57. The van der Waals surface area contributed by atoms with Gasteiger partial charge in [0.25, 0.3) is 0 Å². The number of rotatable bonds is 8. The van der Waals surface area contributed by atoms with Crippen LogP contribution in [0.25, 0.3) is 0 Å². The van der Waals surface area contributed by atoms with Crippen LogP contribution in [0.5, 0.6) is 0 Å². The van der Waals surface area contributed by atoms with Crippen LogP contribution >= 0.6 is 0 Å². The highest BCUT2D eigenvalue weighted by molar-refractivity contribution is 4.58. The van der Waals surface area contributed by atoms with E-state index in [1.54, 1.807) is 0 Å². The first-order valence-electron chi connectivity index (χ1n) is 5.61. The van der Waals surface area contributed by atoms with Crippen LogP contribution in [-0.2, 0) is 0 Å². The molecule has 0 aromatic rings. The first-order valence-corrected chi connectivity index (χ1v) is 5.61. The molecule has 0 heterocycles. The fraction of sp³-hybridized carbons (Fsp3) is 1.00. The smallest absolute Gasteiger partial charge is 0.0459 e. The number of hydrogen-bond acceptors (Lipinski definition) is 2. The fourth-order valence-corrected chi connectivity index (χ4v) is 1.57. The van der Waals surface area contributed by atoms with Gasteiger partial charge in [-0.1, -0.05) is 27.2 Å². The van der Waals surface area contributed by atoms with Gasteiger partial charge >= 0.3 is 0 Å². The number of hydrogen-bond donors (Lipinski definition) is 1. The van der Waals surface area contributed by atoms with Crippen molar-refractivity contribution in [2.24, 2.45) is 5.92 Å². The molecule has 0 bridgehead atoms. The molecule has 0 aliphatic rings. The number of aliphatic hydroxyl groups excluding tert-OH is 1. The summed E-state index contributed by atoms with van der Waals surface area (Å²) in [4.78, 5) is 2.43. The van der Waals surface area contributed by atoms with Gasteiger partial charge in [-0.3, -0.25) is 0 Å². The van der Waals surface area contributed by atoms with E-state index in [-0.39, 0.29) is 0 Å². The van der Waals surface area contributed by atoms with Gasteiger partial charge in [0.05, 0.1) is 0 Å². The van der Waals surface area contributed by atoms with Crippen LogP contribution in [0, 0.1) is 5.92 Å². The van der Waals surface area contributed by atoms with E-state index < -0.39 is 0 Å². The van der Waals surface area contributed by atoms with Gasteiger partial charge in [-0.15, -0.1) is 0 Å². The Morgan fingerprint density at radius 3 is 2.15 bits per heavy atom. The summed E-state index contributed by atoms with van der Waals surface area (Å²) < 4.78 is 0. The van der Waals surface area contributed by atoms with Gasteiger partial charge in [-0.2, -0.15) is 0 Å². The van der Waals surface area contributed by atoms with Gasteiger partial charge in [0.1, 0.15) is 0 Å². The maximum atomic E-state index is 8.99. The lowest BCUT2D eigenvalue weighted by Crippen LogP contribution is -2.24. The van der Waals surface area contributed by atoms with Crippen molar-refractivity contribution in [3.8, 4) is 0 Å². The molecule has 1 N–H and O–H groups in total. The molecule has 0 rings (SSSR count). The lowest BCUT2D eigenvalue weighted by atomic mass is 10.0. The van der Waals surface area contributed by atoms with E-state index in [0.717, 1.165) is 19.5 Å². The largest absolute Gasteiger partial charge is 0.396 e. The van der Waals surface area contributed by atoms with Gasteiger partial charge in [0, 0.05) is 6.61 Å². The Morgan fingerprint density at radius 1 is 1.15 bits per heavy atom. The van der Waals surface area contributed by atoms with E-state index in [4.69, 9.17) is 5.11 Å². The second-order valence-electron chi connectivity index (χ2n) is 3.63. The second kappa shape index (κ2) is 8.52. The van der Waals surface area contributed by atoms with Gasteiger partial charge in [-0.25, -0.2) is 0 Å². The van der Waals surface area contributed by atoms with Crippen molar-refractivity contribution in [1.29, 1.82) is 0 Å². The van der Waals surface area contributed by atoms with Crippen molar-refractivity contribution in [3.63, 3.8) is 0 Å². The average molecular weight is 187 g/mol. The Balaban J connectivity index is 3.41. The van der Waals surface area contributed by atoms with Crippen LogP contribution in [0.1, 0.15) is 40.0 Å². The van der Waals surface area contributed by atoms with Gasteiger partial charge in [-0.05, 0) is 38.4 Å². The topological polar surface area (TPSA) is 23.5 Å². The molecule has 0 saturated heterocycles. The van der Waals surface area contributed by atoms with Gasteiger partial charge in [0.15, 0.2) is 0 Å². The molecule has 0 aromatic heterocycles. The third kappa shape index (κ3) is 6.05. The molecule has 0 saturated carbocycles. The summed E-state index contributed by atoms with van der Waals surface area (Å²) in [6.45, 7) is 10.4. The van der Waals surface area contributed by atoms with Crippen molar-refractivity contribution in [2.45, 2.75) is 40.0 Å². The van der Waals surface area contributed by atoms with E-state index >= 15 is 0 Å². The molecule has 0 aliphatic heterocycles. The minimum atomic E-state index is 0.356. The Morgan fingerprint density at radius 2 is 1.77 bits per heavy atom. The molecule has 1 atom stereocenters. The number of nitrogens with zero attached hydrogens (tertiary/aromatic N) is 1. The molecule has 0 amide bonds. The number of aliphatic hydroxyl groups is 1. The quantitative estimate of drug-likeness (QED) is 0.629. The predicted molar refractivity (Wildman–Crippen MR) is 57.9 cm³/mol. The SMILES string of the molecule is CC[C@@H](CO)CCCN(CC)CC. The second-order valence-corrected chi connectivity index (χ2v) is 3.63. The zero-order valence-corrected chi connectivity index (χ0v) is 9.42. The first kappa shape index (κ1) is 12.9. The zero-order chi connectivity index (χ0) is 10.1. The van der Waals surface area contributed by atoms with Crippen LogP contribution in [0.3, 0.4) is 0 Å². The summed E-state index contributed by atoms with van der Waals surface area (Å²) >= 11 is 0. The summed E-state index contributed by atoms with van der Waals surface area (Å²) in [6.07, 6.45) is 3.50. The minimum absolute atomic E-state index is 0.356. The zero-order valence-electron chi connectivity index (χ0n) is 9.42. The predicted octanol–water partition coefficient (Wildman–Crippen LogP) is 2.13. The molecule has 0 aromatic carbocycles. The average Bonchev–Trinajstić information content (AvgIpc) is 2.19. The van der Waals surface area contributed by atoms with Crippen molar-refractivity contribution >= 4 is 0 Å². The Bertz CT molecular complexity index is 86.3. The molecule has 0 radical (unpaired) electrons. The highest BCUT2D eigenvalue weighted by atomic mass is 16.3. The molecule has 0 unspecified atom stereocenters. The van der Waals surface area contributed by atoms with Crippen molar-refractivity contribution < 1.29 is 5.11 Å². The third-order valence-electron chi connectivity index (χ3n) is 2.82. The van der Waals surface area contributed by atoms with E-state index in [1.165, 1.54) is 19.4 Å². The molecular formula is C11H25NO. The maximum Gasteiger partial charge on any atom is 0.0459 e. The van der Waals surface area contributed by atoms with Crippen molar-refractivity contribution in [2.75, 3.05) is 26.2 Å². The third-order valence-corrected chi connectivity index (χ3v) is 2.82. The first-order chi connectivity index (χ1) is 6.28. The van der Waals surface area contributed by atoms with Gasteiger partial charge < -0.3 is 10.0 Å². The molecule has 13 heavy (non-hydrogen) atoms. The Hall–Kier alpha value is -0.0800. The summed E-state index contributed by atoms with van der Waals surface area (Å²) in [7, 11) is 0. The summed E-state index contributed by atoms with van der Waals surface area (Å²) in [5, 5.41) is 8.99. The van der Waals surface area contributed by atoms with Gasteiger partial charge in [0.2, 0.25) is 0 Å². The monoisotopic (exact) mass is 187 g/mol. The molecule has 2 heteroatoms. The van der Waals surface area contributed by atoms with E-state index in [2.05, 4.69) is 25.7 Å². The van der Waals surface area contributed by atoms with Crippen LogP contribution in [0.4, 0.5) is 0 Å². The highest BCUT2D eigenvalue weighted by Gasteiger charge is 2.05. The standard InChI is InChI=1S/C11H25NO/c1-4-11(10-13)8-7-9-12(5-2)6-3/h11,13H,4-10H2,1-3H3/t11-/m1/s1. The lowest BCUT2D eigenvalue weighted by molar-refractivity contribution is 0.203. The molecule has 0 aliphatic carbocycles. The Kier molecular flexibility index (Phi) is 8.46. The maximum absolute atomic E-state index is 8.99. The van der Waals surface area contributed by atoms with Crippen LogP contribution in [0.2, 0.25) is 0 Å². The van der Waals surface area contributed by atoms with Crippen LogP contribution < -0.4 is 0 Å². The normalized spacial score (nSPS) is 13.6. The van der Waals surface area contributed by atoms with Crippen LogP contribution in [-0.4, -0.2) is 36.2 Å². The molecule has 80 valence electrons. The molecule has 0 spiro atoms. The minimum Gasteiger partial charge on any atom is -0.396 e. The van der Waals surface area contributed by atoms with Crippen molar-refractivity contribution in [3.05, 3.63) is 0 Å². The molecule has 0 fully saturated rings. The molecular weight excluding hydrogens is 162 g/mol. The van der Waals surface area contributed by atoms with E-state index in [9.17, 15) is 0 Å². The highest BCUT2D eigenvalue weighted by Crippen LogP contribution is 2.10. The van der Waals surface area contributed by atoms with Crippen molar-refractivity contribution in [1.82, 2.24) is 4.90 Å². The van der Waals surface area contributed by atoms with E-state index in [0.29, 0.717) is 12.5 Å². The van der Waals surface area contributed by atoms with Crippen LogP contribution in [0.15, 0.2) is 0 Å². The Labute approximate surface area is 82.9 Å². The lowest BCUT2D eigenvalue weighted by Gasteiger charge is -2.19. The molecule has 2 nitrogen and oxygen atoms in total. The summed E-state index contributed by atoms with van der Waals surface area (Å²) in [6, 6.07) is 0.